The monoisotopic (exact) mass is 310 g/mol. The SMILES string of the molecule is CC(C)CNC(=O)C(C)N1CCc2sccc2C1C(=O)O. The molecule has 2 N–H and O–H groups in total. The standard InChI is InChI=1S/C15H22N2O3S/c1-9(2)8-16-14(18)10(3)17-6-4-12-11(5-7-21-12)13(17)15(19)20/h5,7,9-10,13H,4,6,8H2,1-3H3,(H,16,18)(H,19,20). The second kappa shape index (κ2) is 6.58. The molecule has 2 heterocycles. The van der Waals surface area contributed by atoms with Gasteiger partial charge in [0.2, 0.25) is 5.91 Å². The van der Waals surface area contributed by atoms with Crippen molar-refractivity contribution in [3.8, 4) is 0 Å². The van der Waals surface area contributed by atoms with Crippen molar-refractivity contribution in [2.45, 2.75) is 39.3 Å². The van der Waals surface area contributed by atoms with Crippen LogP contribution in [-0.4, -0.2) is 41.0 Å². The van der Waals surface area contributed by atoms with Crippen LogP contribution in [0.2, 0.25) is 0 Å². The van der Waals surface area contributed by atoms with E-state index in [2.05, 4.69) is 5.32 Å². The third kappa shape index (κ3) is 3.44. The number of rotatable bonds is 5. The minimum Gasteiger partial charge on any atom is -0.480 e. The van der Waals surface area contributed by atoms with Crippen molar-refractivity contribution < 1.29 is 14.7 Å². The van der Waals surface area contributed by atoms with Gasteiger partial charge in [0, 0.05) is 18.0 Å². The maximum absolute atomic E-state index is 12.2. The number of hydrogen-bond donors (Lipinski definition) is 2. The predicted molar refractivity (Wildman–Crippen MR) is 82.4 cm³/mol. The Morgan fingerprint density at radius 2 is 2.19 bits per heavy atom. The van der Waals surface area contributed by atoms with E-state index in [0.717, 1.165) is 16.9 Å². The van der Waals surface area contributed by atoms with E-state index in [4.69, 9.17) is 0 Å². The third-order valence-corrected chi connectivity index (χ3v) is 4.80. The first-order chi connectivity index (χ1) is 9.91. The smallest absolute Gasteiger partial charge is 0.325 e. The van der Waals surface area contributed by atoms with Gasteiger partial charge in [-0.1, -0.05) is 13.8 Å². The Balaban J connectivity index is 2.15. The maximum atomic E-state index is 12.2. The van der Waals surface area contributed by atoms with Gasteiger partial charge < -0.3 is 10.4 Å². The molecular weight excluding hydrogens is 288 g/mol. The van der Waals surface area contributed by atoms with Gasteiger partial charge in [0.05, 0.1) is 6.04 Å². The molecular formula is C15H22N2O3S. The summed E-state index contributed by atoms with van der Waals surface area (Å²) in [5.41, 5.74) is 0.835. The molecule has 2 atom stereocenters. The van der Waals surface area contributed by atoms with Crippen molar-refractivity contribution in [3.63, 3.8) is 0 Å². The van der Waals surface area contributed by atoms with Crippen molar-refractivity contribution in [2.24, 2.45) is 5.92 Å². The fourth-order valence-electron chi connectivity index (χ4n) is 2.63. The van der Waals surface area contributed by atoms with Crippen LogP contribution in [0, 0.1) is 5.92 Å². The molecule has 2 unspecified atom stereocenters. The molecule has 1 aliphatic heterocycles. The lowest BCUT2D eigenvalue weighted by molar-refractivity contribution is -0.146. The highest BCUT2D eigenvalue weighted by molar-refractivity contribution is 7.10. The van der Waals surface area contributed by atoms with E-state index in [-0.39, 0.29) is 5.91 Å². The molecule has 1 amide bonds. The summed E-state index contributed by atoms with van der Waals surface area (Å²) in [4.78, 5) is 26.8. The molecule has 1 aromatic heterocycles. The average Bonchev–Trinajstić information content (AvgIpc) is 2.90. The summed E-state index contributed by atoms with van der Waals surface area (Å²) in [5, 5.41) is 14.4. The minimum absolute atomic E-state index is 0.103. The third-order valence-electron chi connectivity index (χ3n) is 3.80. The van der Waals surface area contributed by atoms with Crippen LogP contribution in [0.15, 0.2) is 11.4 Å². The molecule has 0 fully saturated rings. The molecule has 5 nitrogen and oxygen atoms in total. The van der Waals surface area contributed by atoms with Crippen molar-refractivity contribution in [1.82, 2.24) is 10.2 Å². The van der Waals surface area contributed by atoms with E-state index in [1.807, 2.05) is 25.3 Å². The van der Waals surface area contributed by atoms with Gasteiger partial charge in [0.15, 0.2) is 0 Å². The second-order valence-corrected chi connectivity index (χ2v) is 6.84. The Kier molecular flexibility index (Phi) is 5.00. The Hall–Kier alpha value is -1.40. The van der Waals surface area contributed by atoms with Gasteiger partial charge in [-0.3, -0.25) is 14.5 Å². The summed E-state index contributed by atoms with van der Waals surface area (Å²) < 4.78 is 0. The van der Waals surface area contributed by atoms with Crippen LogP contribution in [0.25, 0.3) is 0 Å². The topological polar surface area (TPSA) is 69.6 Å². The molecule has 0 saturated heterocycles. The second-order valence-electron chi connectivity index (χ2n) is 5.84. The zero-order valence-electron chi connectivity index (χ0n) is 12.6. The fraction of sp³-hybridized carbons (Fsp3) is 0.600. The van der Waals surface area contributed by atoms with Crippen molar-refractivity contribution in [2.75, 3.05) is 13.1 Å². The highest BCUT2D eigenvalue weighted by Crippen LogP contribution is 2.34. The molecule has 0 aliphatic carbocycles. The van der Waals surface area contributed by atoms with Gasteiger partial charge >= 0.3 is 5.97 Å². The lowest BCUT2D eigenvalue weighted by Crippen LogP contribution is -2.51. The van der Waals surface area contributed by atoms with Crippen LogP contribution in [0.4, 0.5) is 0 Å². The van der Waals surface area contributed by atoms with E-state index in [0.29, 0.717) is 19.0 Å². The van der Waals surface area contributed by atoms with Crippen LogP contribution >= 0.6 is 11.3 Å². The molecule has 6 heteroatoms. The Bertz CT molecular complexity index is 527. The lowest BCUT2D eigenvalue weighted by atomic mass is 9.98. The summed E-state index contributed by atoms with van der Waals surface area (Å²) in [7, 11) is 0. The van der Waals surface area contributed by atoms with Crippen LogP contribution in [0.3, 0.4) is 0 Å². The molecule has 2 rings (SSSR count). The number of carboxylic acids is 1. The molecule has 0 saturated carbocycles. The van der Waals surface area contributed by atoms with Gasteiger partial charge in [0.1, 0.15) is 6.04 Å². The zero-order chi connectivity index (χ0) is 15.6. The summed E-state index contributed by atoms with van der Waals surface area (Å²) in [6.07, 6.45) is 0.804. The maximum Gasteiger partial charge on any atom is 0.325 e. The van der Waals surface area contributed by atoms with Crippen LogP contribution in [-0.2, 0) is 16.0 Å². The van der Waals surface area contributed by atoms with Crippen LogP contribution in [0.1, 0.15) is 37.3 Å². The van der Waals surface area contributed by atoms with Crippen LogP contribution in [0.5, 0.6) is 0 Å². The summed E-state index contributed by atoms with van der Waals surface area (Å²) in [6, 6.07) is 0.696. The Labute approximate surface area is 129 Å². The van der Waals surface area contributed by atoms with E-state index in [9.17, 15) is 14.7 Å². The first-order valence-corrected chi connectivity index (χ1v) is 8.12. The number of hydrogen-bond acceptors (Lipinski definition) is 4. The molecule has 0 bridgehead atoms. The molecule has 0 radical (unpaired) electrons. The number of nitrogens with one attached hydrogen (secondary N) is 1. The lowest BCUT2D eigenvalue weighted by Gasteiger charge is -2.36. The molecule has 1 aliphatic rings. The largest absolute Gasteiger partial charge is 0.480 e. The molecule has 0 spiro atoms. The van der Waals surface area contributed by atoms with Crippen molar-refractivity contribution in [1.29, 1.82) is 0 Å². The van der Waals surface area contributed by atoms with Gasteiger partial charge in [-0.25, -0.2) is 0 Å². The first-order valence-electron chi connectivity index (χ1n) is 7.24. The normalized spacial score (nSPS) is 20.1. The Morgan fingerprint density at radius 1 is 1.48 bits per heavy atom. The summed E-state index contributed by atoms with van der Waals surface area (Å²) in [5.74, 6) is -0.618. The number of thiophene rings is 1. The van der Waals surface area contributed by atoms with E-state index < -0.39 is 18.1 Å². The number of carbonyl (C=O) groups is 2. The molecule has 0 aromatic carbocycles. The fourth-order valence-corrected chi connectivity index (χ4v) is 3.53. The van der Waals surface area contributed by atoms with E-state index in [1.54, 1.807) is 23.2 Å². The van der Waals surface area contributed by atoms with Crippen molar-refractivity contribution >= 4 is 23.2 Å². The Morgan fingerprint density at radius 3 is 2.81 bits per heavy atom. The zero-order valence-corrected chi connectivity index (χ0v) is 13.4. The number of carbonyl (C=O) groups excluding carboxylic acids is 1. The highest BCUT2D eigenvalue weighted by atomic mass is 32.1. The number of nitrogens with zero attached hydrogens (tertiary/aromatic N) is 1. The van der Waals surface area contributed by atoms with Gasteiger partial charge in [0.25, 0.3) is 0 Å². The minimum atomic E-state index is -0.891. The average molecular weight is 310 g/mol. The van der Waals surface area contributed by atoms with Gasteiger partial charge in [-0.15, -0.1) is 11.3 Å². The summed E-state index contributed by atoms with van der Waals surface area (Å²) in [6.45, 7) is 7.05. The molecule has 116 valence electrons. The van der Waals surface area contributed by atoms with E-state index >= 15 is 0 Å². The predicted octanol–water partition coefficient (Wildman–Crippen LogP) is 1.89. The van der Waals surface area contributed by atoms with Crippen LogP contribution < -0.4 is 5.32 Å². The number of carboxylic acid groups (broad SMARTS) is 1. The molecule has 21 heavy (non-hydrogen) atoms. The van der Waals surface area contributed by atoms with Crippen molar-refractivity contribution in [3.05, 3.63) is 21.9 Å². The number of aliphatic carboxylic acids is 1. The number of amides is 1. The van der Waals surface area contributed by atoms with E-state index in [1.165, 1.54) is 0 Å². The van der Waals surface area contributed by atoms with Gasteiger partial charge in [-0.2, -0.15) is 0 Å². The highest BCUT2D eigenvalue weighted by Gasteiger charge is 2.38. The number of fused-ring (bicyclic) bond motifs is 1. The quantitative estimate of drug-likeness (QED) is 0.871. The summed E-state index contributed by atoms with van der Waals surface area (Å²) >= 11 is 1.59. The first kappa shape index (κ1) is 16.0. The van der Waals surface area contributed by atoms with Gasteiger partial charge in [-0.05, 0) is 36.3 Å². The molecule has 1 aromatic rings.